The average Bonchev–Trinajstić information content (AvgIpc) is 3.26. The molecule has 1 aromatic carbocycles. The molecule has 28 heavy (non-hydrogen) atoms. The predicted octanol–water partition coefficient (Wildman–Crippen LogP) is -0.0864. The van der Waals surface area contributed by atoms with Crippen LogP contribution in [0.4, 0.5) is 0 Å². The number of hydrogen-bond acceptors (Lipinski definition) is 6. The molecule has 9 heteroatoms. The van der Waals surface area contributed by atoms with Gasteiger partial charge in [-0.3, -0.25) is 14.3 Å². The quantitative estimate of drug-likeness (QED) is 0.719. The van der Waals surface area contributed by atoms with Gasteiger partial charge in [-0.1, -0.05) is 12.1 Å². The zero-order valence-corrected chi connectivity index (χ0v) is 15.9. The molecule has 1 aromatic heterocycles. The standard InChI is InChI=1S/C19H25N5O4/c1-27-15-4-2-14(3-5-15)6-8-20-17(25)10-23-9-7-19(12-23)13-24-16(11-28-19)21-22-18(24)26/h2-5H,6-13H2,1H3,(H,20,25)(H,22,26). The minimum Gasteiger partial charge on any atom is -0.497 e. The number of carbonyl (C=O) groups is 1. The third-order valence-electron chi connectivity index (χ3n) is 5.45. The van der Waals surface area contributed by atoms with Crippen molar-refractivity contribution in [3.05, 3.63) is 46.1 Å². The largest absolute Gasteiger partial charge is 0.497 e. The van der Waals surface area contributed by atoms with Crippen LogP contribution in [-0.4, -0.2) is 64.5 Å². The molecule has 2 N–H and O–H groups in total. The van der Waals surface area contributed by atoms with Crippen LogP contribution in [0, 0.1) is 0 Å². The number of fused-ring (bicyclic) bond motifs is 1. The van der Waals surface area contributed by atoms with E-state index in [2.05, 4.69) is 20.4 Å². The van der Waals surface area contributed by atoms with E-state index in [1.807, 2.05) is 24.3 Å². The highest BCUT2D eigenvalue weighted by Crippen LogP contribution is 2.30. The van der Waals surface area contributed by atoms with Gasteiger partial charge in [0.05, 0.1) is 20.2 Å². The van der Waals surface area contributed by atoms with Crippen LogP contribution in [0.1, 0.15) is 17.8 Å². The molecular formula is C19H25N5O4. The van der Waals surface area contributed by atoms with E-state index in [1.165, 1.54) is 0 Å². The van der Waals surface area contributed by atoms with Gasteiger partial charge < -0.3 is 14.8 Å². The Balaban J connectivity index is 1.23. The molecule has 0 radical (unpaired) electrons. The van der Waals surface area contributed by atoms with Crippen molar-refractivity contribution in [2.45, 2.75) is 31.6 Å². The van der Waals surface area contributed by atoms with E-state index >= 15 is 0 Å². The van der Waals surface area contributed by atoms with E-state index in [-0.39, 0.29) is 11.6 Å². The average molecular weight is 387 g/mol. The number of ether oxygens (including phenoxy) is 2. The van der Waals surface area contributed by atoms with Crippen molar-refractivity contribution in [1.29, 1.82) is 0 Å². The van der Waals surface area contributed by atoms with Crippen molar-refractivity contribution in [3.8, 4) is 5.75 Å². The Hall–Kier alpha value is -2.65. The lowest BCUT2D eigenvalue weighted by Crippen LogP contribution is -2.47. The second-order valence-electron chi connectivity index (χ2n) is 7.41. The predicted molar refractivity (Wildman–Crippen MR) is 101 cm³/mol. The summed E-state index contributed by atoms with van der Waals surface area (Å²) < 4.78 is 12.8. The number of methoxy groups -OCH3 is 1. The summed E-state index contributed by atoms with van der Waals surface area (Å²) in [5.74, 6) is 1.46. The van der Waals surface area contributed by atoms with Gasteiger partial charge in [0.1, 0.15) is 18.0 Å². The van der Waals surface area contributed by atoms with Crippen LogP contribution in [0.3, 0.4) is 0 Å². The SMILES string of the molecule is COc1ccc(CCNC(=O)CN2CCC3(C2)Cn2c(n[nH]c2=O)CO3)cc1. The lowest BCUT2D eigenvalue weighted by atomic mass is 10.0. The number of rotatable bonds is 6. The molecule has 1 unspecified atom stereocenters. The summed E-state index contributed by atoms with van der Waals surface area (Å²) in [6.07, 6.45) is 1.57. The number of benzene rings is 1. The molecule has 1 amide bonds. The zero-order valence-electron chi connectivity index (χ0n) is 15.9. The Labute approximate surface area is 162 Å². The maximum absolute atomic E-state index is 12.3. The molecule has 3 heterocycles. The number of amides is 1. The van der Waals surface area contributed by atoms with Crippen LogP contribution >= 0.6 is 0 Å². The van der Waals surface area contributed by atoms with Crippen LogP contribution in [-0.2, 0) is 29.1 Å². The van der Waals surface area contributed by atoms with Crippen molar-refractivity contribution in [2.75, 3.05) is 33.3 Å². The van der Waals surface area contributed by atoms with Crippen molar-refractivity contribution in [2.24, 2.45) is 0 Å². The van der Waals surface area contributed by atoms with Crippen molar-refractivity contribution >= 4 is 5.91 Å². The van der Waals surface area contributed by atoms with Crippen LogP contribution in [0.15, 0.2) is 29.1 Å². The van der Waals surface area contributed by atoms with E-state index in [0.717, 1.165) is 30.7 Å². The Kier molecular flexibility index (Phi) is 5.19. The number of nitrogens with one attached hydrogen (secondary N) is 2. The first kappa shape index (κ1) is 18.7. The smallest absolute Gasteiger partial charge is 0.343 e. The molecule has 1 saturated heterocycles. The molecule has 2 aromatic rings. The first-order chi connectivity index (χ1) is 13.6. The maximum atomic E-state index is 12.3. The minimum atomic E-state index is -0.413. The van der Waals surface area contributed by atoms with E-state index < -0.39 is 5.60 Å². The van der Waals surface area contributed by atoms with E-state index in [1.54, 1.807) is 11.7 Å². The third kappa shape index (κ3) is 3.95. The molecule has 9 nitrogen and oxygen atoms in total. The number of nitrogens with zero attached hydrogens (tertiary/aromatic N) is 3. The summed E-state index contributed by atoms with van der Waals surface area (Å²) in [6.45, 7) is 3.13. The molecule has 1 spiro atoms. The van der Waals surface area contributed by atoms with Crippen molar-refractivity contribution < 1.29 is 14.3 Å². The molecule has 2 aliphatic heterocycles. The molecule has 1 fully saturated rings. The Morgan fingerprint density at radius 3 is 2.96 bits per heavy atom. The summed E-state index contributed by atoms with van der Waals surface area (Å²) in [6, 6.07) is 7.84. The van der Waals surface area contributed by atoms with Gasteiger partial charge in [-0.15, -0.1) is 0 Å². The van der Waals surface area contributed by atoms with Crippen LogP contribution in [0.2, 0.25) is 0 Å². The zero-order chi connectivity index (χ0) is 19.6. The van der Waals surface area contributed by atoms with Gasteiger partial charge in [0.2, 0.25) is 5.91 Å². The Morgan fingerprint density at radius 2 is 2.18 bits per heavy atom. The van der Waals surface area contributed by atoms with Crippen LogP contribution in [0.25, 0.3) is 0 Å². The van der Waals surface area contributed by atoms with E-state index in [0.29, 0.717) is 38.6 Å². The number of carbonyl (C=O) groups excluding carboxylic acids is 1. The molecule has 0 saturated carbocycles. The lowest BCUT2D eigenvalue weighted by Gasteiger charge is -2.33. The van der Waals surface area contributed by atoms with Crippen LogP contribution in [0.5, 0.6) is 5.75 Å². The van der Waals surface area contributed by atoms with Crippen LogP contribution < -0.4 is 15.7 Å². The molecular weight excluding hydrogens is 362 g/mol. The Bertz CT molecular complexity index is 890. The summed E-state index contributed by atoms with van der Waals surface area (Å²) in [5, 5.41) is 9.40. The van der Waals surface area contributed by atoms with Gasteiger partial charge >= 0.3 is 5.69 Å². The van der Waals surface area contributed by atoms with E-state index in [9.17, 15) is 9.59 Å². The number of aromatic amines is 1. The number of H-pyrrole nitrogens is 1. The summed E-state index contributed by atoms with van der Waals surface area (Å²) in [5.41, 5.74) is 0.537. The molecule has 0 bridgehead atoms. The van der Waals surface area contributed by atoms with Gasteiger partial charge in [-0.25, -0.2) is 9.89 Å². The van der Waals surface area contributed by atoms with Crippen molar-refractivity contribution in [1.82, 2.24) is 25.0 Å². The molecule has 2 aliphatic rings. The second-order valence-corrected chi connectivity index (χ2v) is 7.41. The van der Waals surface area contributed by atoms with Crippen molar-refractivity contribution in [3.63, 3.8) is 0 Å². The van der Waals surface area contributed by atoms with Gasteiger partial charge in [-0.2, -0.15) is 5.10 Å². The molecule has 150 valence electrons. The first-order valence-electron chi connectivity index (χ1n) is 9.47. The number of hydrogen-bond donors (Lipinski definition) is 2. The summed E-state index contributed by atoms with van der Waals surface area (Å²) in [7, 11) is 1.64. The molecule has 4 rings (SSSR count). The lowest BCUT2D eigenvalue weighted by molar-refractivity contribution is -0.122. The maximum Gasteiger partial charge on any atom is 0.343 e. The summed E-state index contributed by atoms with van der Waals surface area (Å²) in [4.78, 5) is 26.2. The fourth-order valence-corrected chi connectivity index (χ4v) is 3.88. The topological polar surface area (TPSA) is 101 Å². The highest BCUT2D eigenvalue weighted by Gasteiger charge is 2.43. The highest BCUT2D eigenvalue weighted by molar-refractivity contribution is 5.78. The first-order valence-corrected chi connectivity index (χ1v) is 9.47. The third-order valence-corrected chi connectivity index (χ3v) is 5.45. The van der Waals surface area contributed by atoms with E-state index in [4.69, 9.17) is 9.47 Å². The fraction of sp³-hybridized carbons (Fsp3) is 0.526. The number of aromatic nitrogens is 3. The van der Waals surface area contributed by atoms with Gasteiger partial charge in [0.15, 0.2) is 5.82 Å². The summed E-state index contributed by atoms with van der Waals surface area (Å²) >= 11 is 0. The molecule has 0 aliphatic carbocycles. The Morgan fingerprint density at radius 1 is 1.36 bits per heavy atom. The minimum absolute atomic E-state index is 0.00235. The second kappa shape index (κ2) is 7.76. The number of likely N-dealkylation sites (tertiary alicyclic amines) is 1. The normalized spacial score (nSPS) is 21.6. The monoisotopic (exact) mass is 387 g/mol. The van der Waals surface area contributed by atoms with Gasteiger partial charge in [-0.05, 0) is 30.5 Å². The van der Waals surface area contributed by atoms with Gasteiger partial charge in [0, 0.05) is 19.6 Å². The fourth-order valence-electron chi connectivity index (χ4n) is 3.88. The molecule has 1 atom stereocenters. The van der Waals surface area contributed by atoms with Gasteiger partial charge in [0.25, 0.3) is 0 Å². The highest BCUT2D eigenvalue weighted by atomic mass is 16.5.